The minimum atomic E-state index is -2.71. The van der Waals surface area contributed by atoms with Gasteiger partial charge in [0.1, 0.15) is 18.0 Å². The van der Waals surface area contributed by atoms with Gasteiger partial charge in [-0.15, -0.1) is 0 Å². The Morgan fingerprint density at radius 1 is 1.02 bits per heavy atom. The number of H-pyrrole nitrogens is 1. The van der Waals surface area contributed by atoms with Crippen molar-refractivity contribution >= 4 is 51.8 Å². The minimum absolute atomic E-state index is 0.0199. The molecule has 4 aromatic rings. The van der Waals surface area contributed by atoms with Crippen LogP contribution in [0, 0.1) is 17.3 Å². The van der Waals surface area contributed by atoms with Crippen molar-refractivity contribution in [2.75, 3.05) is 36.5 Å². The highest BCUT2D eigenvalue weighted by Gasteiger charge is 2.78. The zero-order valence-electron chi connectivity index (χ0n) is 32.5. The van der Waals surface area contributed by atoms with Gasteiger partial charge >= 0.3 is 0 Å². The Hall–Kier alpha value is -5.44. The number of hydrogen-bond acceptors (Lipinski definition) is 8. The number of halogens is 2. The van der Waals surface area contributed by atoms with Crippen LogP contribution in [0.1, 0.15) is 96.5 Å². The second-order valence-electron chi connectivity index (χ2n) is 17.2. The fraction of sp³-hybridized carbons (Fsp3) is 0.488. The van der Waals surface area contributed by atoms with E-state index in [2.05, 4.69) is 15.2 Å². The second kappa shape index (κ2) is 13.3. The van der Waals surface area contributed by atoms with E-state index in [0.29, 0.717) is 31.7 Å². The van der Waals surface area contributed by atoms with Gasteiger partial charge in [0.2, 0.25) is 17.7 Å². The lowest BCUT2D eigenvalue weighted by atomic mass is 9.87. The number of anilines is 2. The van der Waals surface area contributed by atoms with E-state index in [1.165, 1.54) is 0 Å². The molecule has 6 aliphatic rings. The maximum absolute atomic E-state index is 15.0. The lowest BCUT2D eigenvalue weighted by Gasteiger charge is -2.27. The first-order valence-corrected chi connectivity index (χ1v) is 20.4. The van der Waals surface area contributed by atoms with Gasteiger partial charge in [-0.2, -0.15) is 5.10 Å². The molecule has 6 heterocycles. The Morgan fingerprint density at radius 3 is 2.64 bits per heavy atom. The van der Waals surface area contributed by atoms with Crippen LogP contribution < -0.4 is 15.1 Å². The van der Waals surface area contributed by atoms with Crippen LogP contribution in [0.3, 0.4) is 0 Å². The molecule has 13 nitrogen and oxygen atoms in total. The number of imide groups is 2. The molecule has 5 atom stereocenters. The molecule has 4 aliphatic heterocycles. The van der Waals surface area contributed by atoms with Gasteiger partial charge in [0.15, 0.2) is 0 Å². The summed E-state index contributed by atoms with van der Waals surface area (Å²) in [6.07, 6.45) is 5.12. The topological polar surface area (TPSA) is 150 Å². The van der Waals surface area contributed by atoms with Crippen LogP contribution >= 0.6 is 0 Å². The zero-order chi connectivity index (χ0) is 40.2. The molecule has 1 saturated carbocycles. The Morgan fingerprint density at radius 2 is 1.84 bits per heavy atom. The number of fused-ring (bicyclic) bond motifs is 4. The van der Waals surface area contributed by atoms with Gasteiger partial charge in [0.05, 0.1) is 16.8 Å². The third kappa shape index (κ3) is 5.70. The number of carbonyl (C=O) groups excluding carboxylic acids is 5. The number of ether oxygens (including phenoxy) is 1. The van der Waals surface area contributed by atoms with Crippen molar-refractivity contribution in [3.05, 3.63) is 64.8 Å². The molecule has 2 aromatic heterocycles. The van der Waals surface area contributed by atoms with Crippen molar-refractivity contribution in [1.29, 1.82) is 0 Å². The van der Waals surface area contributed by atoms with Gasteiger partial charge in [-0.1, -0.05) is 13.0 Å². The number of benzene rings is 2. The maximum atomic E-state index is 15.0. The Kier molecular flexibility index (Phi) is 8.45. The lowest BCUT2D eigenvalue weighted by molar-refractivity contribution is -0.136. The molecule has 3 saturated heterocycles. The average molecular weight is 794 g/mol. The van der Waals surface area contributed by atoms with Gasteiger partial charge in [-0.05, 0) is 87.3 Å². The molecular weight excluding hydrogens is 749 g/mol. The summed E-state index contributed by atoms with van der Waals surface area (Å²) in [6.45, 7) is 3.74. The van der Waals surface area contributed by atoms with Crippen molar-refractivity contribution in [1.82, 2.24) is 25.0 Å². The average Bonchev–Trinajstić information content (AvgIpc) is 3.87. The fourth-order valence-electron chi connectivity index (χ4n) is 10.1. The van der Waals surface area contributed by atoms with Gasteiger partial charge in [-0.3, -0.25) is 34.2 Å². The predicted molar refractivity (Wildman–Crippen MR) is 208 cm³/mol. The third-order valence-corrected chi connectivity index (χ3v) is 13.8. The van der Waals surface area contributed by atoms with Crippen molar-refractivity contribution in [3.63, 3.8) is 0 Å². The van der Waals surface area contributed by atoms with E-state index in [-0.39, 0.29) is 54.9 Å². The van der Waals surface area contributed by atoms with Crippen LogP contribution in [0.2, 0.25) is 0 Å². The lowest BCUT2D eigenvalue weighted by Crippen LogP contribution is -2.54. The first kappa shape index (κ1) is 36.9. The number of amides is 5. The molecule has 0 spiro atoms. The number of alkyl halides is 2. The molecule has 4 fully saturated rings. The van der Waals surface area contributed by atoms with E-state index in [9.17, 15) is 24.0 Å². The number of rotatable bonds is 8. The maximum Gasteiger partial charge on any atom is 0.262 e. The van der Waals surface area contributed by atoms with Crippen LogP contribution in [-0.4, -0.2) is 87.9 Å². The molecule has 15 heteroatoms. The smallest absolute Gasteiger partial charge is 0.262 e. The molecule has 2 unspecified atom stereocenters. The van der Waals surface area contributed by atoms with E-state index in [1.54, 1.807) is 31.0 Å². The first-order chi connectivity index (χ1) is 27.8. The van der Waals surface area contributed by atoms with Crippen LogP contribution in [0.15, 0.2) is 42.5 Å². The first-order valence-electron chi connectivity index (χ1n) is 20.4. The minimum Gasteiger partial charge on any atom is -0.371 e. The number of hydrogen-bond donors (Lipinski definition) is 2. The summed E-state index contributed by atoms with van der Waals surface area (Å²) < 4.78 is 38.0. The Bertz CT molecular complexity index is 2440. The van der Waals surface area contributed by atoms with E-state index in [4.69, 9.17) is 9.84 Å². The monoisotopic (exact) mass is 793 g/mol. The highest BCUT2D eigenvalue weighted by atomic mass is 19.3. The molecule has 0 radical (unpaired) electrons. The number of carbonyl (C=O) groups is 5. The molecule has 10 rings (SSSR count). The van der Waals surface area contributed by atoms with E-state index >= 15 is 8.78 Å². The fourth-order valence-corrected chi connectivity index (χ4v) is 10.1. The van der Waals surface area contributed by atoms with Crippen molar-refractivity contribution in [3.8, 4) is 11.4 Å². The van der Waals surface area contributed by atoms with Gasteiger partial charge in [-0.25, -0.2) is 13.5 Å². The van der Waals surface area contributed by atoms with E-state index in [0.717, 1.165) is 76.4 Å². The summed E-state index contributed by atoms with van der Waals surface area (Å²) in [4.78, 5) is 72.4. The summed E-state index contributed by atoms with van der Waals surface area (Å²) in [5.74, 6) is -5.30. The summed E-state index contributed by atoms with van der Waals surface area (Å²) in [7, 11) is 1.77. The predicted octanol–water partition coefficient (Wildman–Crippen LogP) is 5.77. The number of aromatic nitrogens is 3. The van der Waals surface area contributed by atoms with Gasteiger partial charge in [0, 0.05) is 90.9 Å². The second-order valence-corrected chi connectivity index (χ2v) is 17.2. The van der Waals surface area contributed by atoms with Crippen LogP contribution in [0.5, 0.6) is 0 Å². The Labute approximate surface area is 333 Å². The molecule has 2 N–H and O–H groups in total. The number of nitrogens with zero attached hydrogens (tertiary/aromatic N) is 5. The molecule has 0 bridgehead atoms. The van der Waals surface area contributed by atoms with Crippen LogP contribution in [-0.2, 0) is 32.0 Å². The quantitative estimate of drug-likeness (QED) is 0.214. The van der Waals surface area contributed by atoms with Crippen LogP contribution in [0.25, 0.3) is 22.3 Å². The van der Waals surface area contributed by atoms with Crippen LogP contribution in [0.4, 0.5) is 20.2 Å². The third-order valence-electron chi connectivity index (χ3n) is 13.8. The molecular formula is C43H45F2N7O6. The molecule has 302 valence electrons. The molecule has 5 amide bonds. The highest BCUT2D eigenvalue weighted by molar-refractivity contribution is 6.23. The summed E-state index contributed by atoms with van der Waals surface area (Å²) in [5.41, 5.74) is 4.97. The van der Waals surface area contributed by atoms with E-state index in [1.807, 2.05) is 35.0 Å². The SMILES string of the molecule is CN(C(=O)CC[C@@H]1CCN(c2ccc3c(c2)C(=O)N(C2CCC(=O)NC2=O)C3=O)C1)c1ccc2cc(-c3nn(C4CCCCO4)c4c3C[C@@H]3C(F)(F)[C@]3(C)C4)[nH]c2c1. The van der Waals surface area contributed by atoms with Crippen molar-refractivity contribution in [2.24, 2.45) is 17.3 Å². The van der Waals surface area contributed by atoms with Crippen molar-refractivity contribution in [2.45, 2.75) is 89.3 Å². The number of aromatic amines is 1. The van der Waals surface area contributed by atoms with Gasteiger partial charge in [0.25, 0.3) is 17.7 Å². The summed E-state index contributed by atoms with van der Waals surface area (Å²) in [6, 6.07) is 12.0. The number of piperidine rings is 1. The van der Waals surface area contributed by atoms with Crippen molar-refractivity contribution < 1.29 is 37.5 Å². The number of nitrogens with one attached hydrogen (secondary N) is 2. The molecule has 2 aromatic carbocycles. The zero-order valence-corrected chi connectivity index (χ0v) is 32.5. The summed E-state index contributed by atoms with van der Waals surface area (Å²) in [5, 5.41) is 8.18. The standard InChI is InChI=1S/C43H45F2N7O6/c1-42-21-33-29(20-34(42)43(42,44)45)38(48-52(33)37-5-3-4-16-58-37)31-17-24-7-8-25(19-30(24)46-31)49(2)36(54)13-6-23-14-15-50(22-23)26-9-10-27-28(18-26)41(57)51(40(27)56)32-11-12-35(53)47-39(32)55/h7-10,17-19,23,32,34,37,46H,3-6,11-16,20-22H2,1-2H3,(H,47,53,55)/t23-,32?,34+,37?,42-/m1/s1. The summed E-state index contributed by atoms with van der Waals surface area (Å²) >= 11 is 0. The normalized spacial score (nSPS) is 27.4. The van der Waals surface area contributed by atoms with E-state index < -0.39 is 46.9 Å². The Balaban J connectivity index is 0.797. The largest absolute Gasteiger partial charge is 0.371 e. The molecule has 58 heavy (non-hydrogen) atoms. The molecule has 2 aliphatic carbocycles. The van der Waals surface area contributed by atoms with Gasteiger partial charge < -0.3 is 19.5 Å². The highest BCUT2D eigenvalue weighted by Crippen LogP contribution is 2.70.